The quantitative estimate of drug-likeness (QED) is 0.420. The minimum atomic E-state index is -0.0283. The zero-order chi connectivity index (χ0) is 15.6. The average Bonchev–Trinajstić information content (AvgIpc) is 2.31. The highest BCUT2D eigenvalue weighted by atomic mass is 14.7. The molecule has 2 nitrogen and oxygen atoms in total. The molecule has 0 aliphatic heterocycles. The van der Waals surface area contributed by atoms with Crippen molar-refractivity contribution in [3.63, 3.8) is 0 Å². The molecule has 0 aromatic heterocycles. The molecule has 0 aromatic rings. The van der Waals surface area contributed by atoms with Crippen molar-refractivity contribution in [2.24, 2.45) is 10.4 Å². The van der Waals surface area contributed by atoms with Gasteiger partial charge in [-0.15, -0.1) is 0 Å². The summed E-state index contributed by atoms with van der Waals surface area (Å²) in [6.45, 7) is 12.4. The molecule has 0 aliphatic rings. The third kappa shape index (κ3) is 8.84. The number of aliphatic imine (C=N–C) groups is 1. The van der Waals surface area contributed by atoms with E-state index in [9.17, 15) is 0 Å². The maximum absolute atomic E-state index is 7.83. The summed E-state index contributed by atoms with van der Waals surface area (Å²) in [4.78, 5) is 4.47. The molecule has 0 rings (SSSR count). The van der Waals surface area contributed by atoms with Crippen LogP contribution in [0.1, 0.15) is 73.6 Å². The van der Waals surface area contributed by atoms with E-state index in [1.807, 2.05) is 20.0 Å². The smallest absolute Gasteiger partial charge is 0.0369 e. The first kappa shape index (κ1) is 18.8. The summed E-state index contributed by atoms with van der Waals surface area (Å²) in [6.07, 6.45) is 12.5. The van der Waals surface area contributed by atoms with Gasteiger partial charge in [0.15, 0.2) is 0 Å². The second-order valence-electron chi connectivity index (χ2n) is 6.44. The molecule has 0 aliphatic carbocycles. The molecule has 0 aromatic carbocycles. The molecule has 0 bridgehead atoms. The summed E-state index contributed by atoms with van der Waals surface area (Å²) in [5.74, 6) is 0. The standard InChI is InChI=1S/C18H32N2/c1-7-8-9-10-11-12-13-15(2)20-14-17(16(3)19)18(4,5)6/h12-14,19H,7-11H2,1-6H3/b13-12+,17-14+,19-16?,20-15+. The lowest BCUT2D eigenvalue weighted by molar-refractivity contribution is 0.522. The molecule has 0 heterocycles. The van der Waals surface area contributed by atoms with Gasteiger partial charge < -0.3 is 5.41 Å². The van der Waals surface area contributed by atoms with E-state index >= 15 is 0 Å². The lowest BCUT2D eigenvalue weighted by atomic mass is 9.84. The lowest BCUT2D eigenvalue weighted by Gasteiger charge is -2.21. The molecule has 0 saturated heterocycles. The Morgan fingerprint density at radius 1 is 1.10 bits per heavy atom. The van der Waals surface area contributed by atoms with Crippen LogP contribution in [0.5, 0.6) is 0 Å². The molecule has 20 heavy (non-hydrogen) atoms. The first-order chi connectivity index (χ1) is 9.29. The average molecular weight is 276 g/mol. The van der Waals surface area contributed by atoms with E-state index in [-0.39, 0.29) is 5.41 Å². The van der Waals surface area contributed by atoms with Gasteiger partial charge in [0.05, 0.1) is 0 Å². The van der Waals surface area contributed by atoms with Crippen molar-refractivity contribution < 1.29 is 0 Å². The van der Waals surface area contributed by atoms with Gasteiger partial charge in [-0.3, -0.25) is 4.99 Å². The van der Waals surface area contributed by atoms with Crippen LogP contribution in [0.15, 0.2) is 28.9 Å². The Morgan fingerprint density at radius 3 is 2.25 bits per heavy atom. The molecule has 0 spiro atoms. The SMILES string of the molecule is CCCCCC/C=C/C(C)=N/C=C(\C(C)=N)C(C)(C)C. The number of hydrogen-bond donors (Lipinski definition) is 1. The van der Waals surface area contributed by atoms with Gasteiger partial charge in [0.25, 0.3) is 0 Å². The molecule has 0 unspecified atom stereocenters. The zero-order valence-electron chi connectivity index (χ0n) is 14.2. The molecule has 0 atom stereocenters. The van der Waals surface area contributed by atoms with E-state index in [4.69, 9.17) is 5.41 Å². The van der Waals surface area contributed by atoms with Crippen LogP contribution in [0.2, 0.25) is 0 Å². The maximum atomic E-state index is 7.83. The highest BCUT2D eigenvalue weighted by Gasteiger charge is 2.18. The molecule has 1 N–H and O–H groups in total. The normalized spacial score (nSPS) is 14.1. The summed E-state index contributed by atoms with van der Waals surface area (Å²) >= 11 is 0. The van der Waals surface area contributed by atoms with Crippen molar-refractivity contribution in [3.05, 3.63) is 23.9 Å². The van der Waals surface area contributed by atoms with Crippen LogP contribution in [0.25, 0.3) is 0 Å². The van der Waals surface area contributed by atoms with Gasteiger partial charge in [-0.2, -0.15) is 0 Å². The van der Waals surface area contributed by atoms with E-state index < -0.39 is 0 Å². The van der Waals surface area contributed by atoms with E-state index in [0.29, 0.717) is 5.71 Å². The number of rotatable bonds is 8. The molecule has 0 fully saturated rings. The topological polar surface area (TPSA) is 36.2 Å². The van der Waals surface area contributed by atoms with Crippen molar-refractivity contribution in [2.75, 3.05) is 0 Å². The Labute approximate surface area is 125 Å². The van der Waals surface area contributed by atoms with Crippen molar-refractivity contribution >= 4 is 11.4 Å². The van der Waals surface area contributed by atoms with Crippen molar-refractivity contribution in [1.82, 2.24) is 0 Å². The van der Waals surface area contributed by atoms with E-state index in [0.717, 1.165) is 17.7 Å². The van der Waals surface area contributed by atoms with Crippen LogP contribution < -0.4 is 0 Å². The molecule has 114 valence electrons. The highest BCUT2D eigenvalue weighted by molar-refractivity contribution is 5.98. The Balaban J connectivity index is 4.49. The summed E-state index contributed by atoms with van der Waals surface area (Å²) in [5, 5.41) is 7.83. The van der Waals surface area contributed by atoms with Crippen LogP contribution in [0.4, 0.5) is 0 Å². The largest absolute Gasteiger partial charge is 0.305 e. The predicted octanol–water partition coefficient (Wildman–Crippen LogP) is 5.94. The fraction of sp³-hybridized carbons (Fsp3) is 0.667. The first-order valence-corrected chi connectivity index (χ1v) is 7.76. The monoisotopic (exact) mass is 276 g/mol. The zero-order valence-corrected chi connectivity index (χ0v) is 14.2. The Hall–Kier alpha value is -1.18. The Bertz CT molecular complexity index is 379. The second kappa shape index (κ2) is 9.68. The fourth-order valence-corrected chi connectivity index (χ4v) is 2.01. The number of nitrogens with one attached hydrogen (secondary N) is 1. The maximum Gasteiger partial charge on any atom is 0.0369 e. The molecular formula is C18H32N2. The van der Waals surface area contributed by atoms with Gasteiger partial charge in [0, 0.05) is 17.6 Å². The third-order valence-electron chi connectivity index (χ3n) is 3.19. The van der Waals surface area contributed by atoms with Crippen LogP contribution in [-0.4, -0.2) is 11.4 Å². The summed E-state index contributed by atoms with van der Waals surface area (Å²) in [7, 11) is 0. The van der Waals surface area contributed by atoms with Crippen molar-refractivity contribution in [1.29, 1.82) is 5.41 Å². The van der Waals surface area contributed by atoms with Gasteiger partial charge in [0.1, 0.15) is 0 Å². The van der Waals surface area contributed by atoms with Gasteiger partial charge >= 0.3 is 0 Å². The van der Waals surface area contributed by atoms with Crippen LogP contribution in [-0.2, 0) is 0 Å². The predicted molar refractivity (Wildman–Crippen MR) is 91.9 cm³/mol. The van der Waals surface area contributed by atoms with Gasteiger partial charge in [-0.05, 0) is 43.8 Å². The molecule has 2 heteroatoms. The van der Waals surface area contributed by atoms with Crippen LogP contribution >= 0.6 is 0 Å². The number of hydrogen-bond acceptors (Lipinski definition) is 2. The fourth-order valence-electron chi connectivity index (χ4n) is 2.01. The number of unbranched alkanes of at least 4 members (excludes halogenated alkanes) is 4. The van der Waals surface area contributed by atoms with Crippen molar-refractivity contribution in [3.8, 4) is 0 Å². The summed E-state index contributed by atoms with van der Waals surface area (Å²) in [5.41, 5.74) is 2.56. The Morgan fingerprint density at radius 2 is 1.75 bits per heavy atom. The van der Waals surface area contributed by atoms with Crippen LogP contribution in [0.3, 0.4) is 0 Å². The van der Waals surface area contributed by atoms with Gasteiger partial charge in [0.2, 0.25) is 0 Å². The number of allylic oxidation sites excluding steroid dienone is 3. The third-order valence-corrected chi connectivity index (χ3v) is 3.19. The van der Waals surface area contributed by atoms with E-state index in [2.05, 4.69) is 44.8 Å². The number of nitrogens with zero attached hydrogens (tertiary/aromatic N) is 1. The van der Waals surface area contributed by atoms with Gasteiger partial charge in [-0.25, -0.2) is 0 Å². The van der Waals surface area contributed by atoms with E-state index in [1.165, 1.54) is 25.7 Å². The molecule has 0 saturated carbocycles. The summed E-state index contributed by atoms with van der Waals surface area (Å²) in [6, 6.07) is 0. The molecular weight excluding hydrogens is 244 g/mol. The minimum absolute atomic E-state index is 0.0283. The van der Waals surface area contributed by atoms with Crippen LogP contribution in [0, 0.1) is 10.8 Å². The highest BCUT2D eigenvalue weighted by Crippen LogP contribution is 2.25. The first-order valence-electron chi connectivity index (χ1n) is 7.76. The van der Waals surface area contributed by atoms with Gasteiger partial charge in [-0.1, -0.05) is 53.0 Å². The minimum Gasteiger partial charge on any atom is -0.305 e. The lowest BCUT2D eigenvalue weighted by Crippen LogP contribution is -2.15. The second-order valence-corrected chi connectivity index (χ2v) is 6.44. The molecule has 0 amide bonds. The molecule has 0 radical (unpaired) electrons. The van der Waals surface area contributed by atoms with Crippen molar-refractivity contribution in [2.45, 2.75) is 73.6 Å². The van der Waals surface area contributed by atoms with E-state index in [1.54, 1.807) is 0 Å². The Kier molecular flexibility index (Phi) is 9.11. The summed E-state index contributed by atoms with van der Waals surface area (Å²) < 4.78 is 0.